The summed E-state index contributed by atoms with van der Waals surface area (Å²) >= 11 is 0.900. The Hall–Kier alpha value is -2.62. The average molecular weight is 385 g/mol. The third-order valence-electron chi connectivity index (χ3n) is 3.41. The van der Waals surface area contributed by atoms with Crippen LogP contribution in [0.5, 0.6) is 0 Å². The first-order valence-corrected chi connectivity index (χ1v) is 8.30. The summed E-state index contributed by atoms with van der Waals surface area (Å²) in [5, 5.41) is 1.15. The number of carbonyl (C=O) groups excluding carboxylic acids is 1. The predicted molar refractivity (Wildman–Crippen MR) is 86.6 cm³/mol. The Labute approximate surface area is 148 Å². The minimum absolute atomic E-state index is 0.0672. The quantitative estimate of drug-likeness (QED) is 0.403. The van der Waals surface area contributed by atoms with Crippen LogP contribution in [0.4, 0.5) is 23.2 Å². The van der Waals surface area contributed by atoms with Crippen molar-refractivity contribution >= 4 is 34.6 Å². The van der Waals surface area contributed by atoms with Crippen molar-refractivity contribution in [3.63, 3.8) is 0 Å². The van der Waals surface area contributed by atoms with Crippen LogP contribution in [-0.2, 0) is 4.79 Å². The molecule has 2 aromatic heterocycles. The van der Waals surface area contributed by atoms with Gasteiger partial charge in [0, 0.05) is 12.3 Å². The molecule has 2 heterocycles. The lowest BCUT2D eigenvalue weighted by molar-refractivity contribution is -0.115. The second-order valence-electron chi connectivity index (χ2n) is 5.15. The van der Waals surface area contributed by atoms with Gasteiger partial charge >= 0.3 is 0 Å². The zero-order valence-electron chi connectivity index (χ0n) is 13.2. The molecule has 1 amide bonds. The lowest BCUT2D eigenvalue weighted by Crippen LogP contribution is -2.26. The maximum Gasteiger partial charge on any atom is 0.259 e. The highest BCUT2D eigenvalue weighted by atomic mass is 32.2. The number of thioether (sulfide) groups is 1. The normalized spacial score (nSPS) is 12.3. The van der Waals surface area contributed by atoms with Crippen LogP contribution in [0.25, 0.3) is 11.2 Å². The van der Waals surface area contributed by atoms with E-state index in [1.54, 1.807) is 19.1 Å². The Morgan fingerprint density at radius 2 is 1.96 bits per heavy atom. The molecule has 136 valence electrons. The second kappa shape index (κ2) is 7.32. The van der Waals surface area contributed by atoms with E-state index in [-0.39, 0.29) is 17.7 Å². The van der Waals surface area contributed by atoms with Crippen LogP contribution < -0.4 is 5.32 Å². The zero-order chi connectivity index (χ0) is 18.8. The molecule has 1 unspecified atom stereocenters. The molecule has 0 bridgehead atoms. The molecule has 0 aliphatic carbocycles. The number of fused-ring (bicyclic) bond motifs is 1. The first-order valence-electron chi connectivity index (χ1n) is 7.42. The summed E-state index contributed by atoms with van der Waals surface area (Å²) in [5.74, 6) is -7.42. The molecular weight excluding hydrogens is 374 g/mol. The average Bonchev–Trinajstić information content (AvgIpc) is 3.04. The van der Waals surface area contributed by atoms with Gasteiger partial charge in [-0.05, 0) is 18.6 Å². The molecule has 0 spiro atoms. The van der Waals surface area contributed by atoms with Crippen LogP contribution in [0.3, 0.4) is 0 Å². The van der Waals surface area contributed by atoms with Crippen LogP contribution >= 0.6 is 11.8 Å². The lowest BCUT2D eigenvalue weighted by Gasteiger charge is -2.14. The topological polar surface area (TPSA) is 68.0 Å². The van der Waals surface area contributed by atoms with Crippen LogP contribution in [0.1, 0.15) is 13.3 Å². The van der Waals surface area contributed by atoms with Gasteiger partial charge in [-0.25, -0.2) is 22.5 Å². The van der Waals surface area contributed by atoms with Crippen molar-refractivity contribution in [2.75, 3.05) is 5.32 Å². The monoisotopic (exact) mass is 385 g/mol. The van der Waals surface area contributed by atoms with E-state index in [1.165, 1.54) is 6.20 Å². The van der Waals surface area contributed by atoms with Crippen LogP contribution in [0.2, 0.25) is 0 Å². The number of pyridine rings is 1. The molecule has 26 heavy (non-hydrogen) atoms. The van der Waals surface area contributed by atoms with Crippen molar-refractivity contribution in [2.24, 2.45) is 0 Å². The molecule has 0 aliphatic heterocycles. The fourth-order valence-corrected chi connectivity index (χ4v) is 2.98. The number of oxazole rings is 1. The van der Waals surface area contributed by atoms with Gasteiger partial charge in [-0.15, -0.1) is 0 Å². The first-order chi connectivity index (χ1) is 12.4. The Morgan fingerprint density at radius 1 is 1.27 bits per heavy atom. The fraction of sp³-hybridized carbons (Fsp3) is 0.188. The van der Waals surface area contributed by atoms with Gasteiger partial charge in [-0.2, -0.15) is 4.98 Å². The van der Waals surface area contributed by atoms with Crippen molar-refractivity contribution in [2.45, 2.75) is 23.8 Å². The van der Waals surface area contributed by atoms with E-state index in [0.717, 1.165) is 11.8 Å². The molecule has 3 rings (SSSR count). The van der Waals surface area contributed by atoms with Crippen LogP contribution in [0, 0.1) is 23.3 Å². The minimum atomic E-state index is -1.68. The number of nitrogens with zero attached hydrogens (tertiary/aromatic N) is 2. The third-order valence-corrected chi connectivity index (χ3v) is 4.62. The summed E-state index contributed by atoms with van der Waals surface area (Å²) < 4.78 is 59.3. The summed E-state index contributed by atoms with van der Waals surface area (Å²) in [5.41, 5.74) is -0.421. The lowest BCUT2D eigenvalue weighted by atomic mass is 10.2. The van der Waals surface area contributed by atoms with Gasteiger partial charge < -0.3 is 9.73 Å². The van der Waals surface area contributed by atoms with E-state index in [1.807, 2.05) is 5.32 Å². The van der Waals surface area contributed by atoms with Gasteiger partial charge in [0.2, 0.25) is 5.91 Å². The number of amides is 1. The summed E-state index contributed by atoms with van der Waals surface area (Å²) in [6.45, 7) is 1.65. The summed E-state index contributed by atoms with van der Waals surface area (Å²) in [7, 11) is 0. The van der Waals surface area contributed by atoms with Crippen molar-refractivity contribution < 1.29 is 26.8 Å². The molecule has 5 nitrogen and oxygen atoms in total. The van der Waals surface area contributed by atoms with Gasteiger partial charge in [0.15, 0.2) is 34.5 Å². The van der Waals surface area contributed by atoms with Crippen molar-refractivity contribution in [3.8, 4) is 0 Å². The van der Waals surface area contributed by atoms with Crippen LogP contribution in [-0.4, -0.2) is 21.1 Å². The van der Waals surface area contributed by atoms with Crippen molar-refractivity contribution in [3.05, 3.63) is 47.7 Å². The van der Waals surface area contributed by atoms with E-state index in [2.05, 4.69) is 9.97 Å². The molecular formula is C16H11F4N3O2S. The number of anilines is 1. The maximum atomic E-state index is 13.7. The summed E-state index contributed by atoms with van der Waals surface area (Å²) in [4.78, 5) is 20.4. The number of hydrogen-bond acceptors (Lipinski definition) is 5. The Bertz CT molecular complexity index is 920. The van der Waals surface area contributed by atoms with E-state index in [0.29, 0.717) is 11.2 Å². The van der Waals surface area contributed by atoms with Gasteiger partial charge in [-0.1, -0.05) is 18.7 Å². The number of rotatable bonds is 5. The molecule has 1 atom stereocenters. The smallest absolute Gasteiger partial charge is 0.259 e. The van der Waals surface area contributed by atoms with E-state index < -0.39 is 40.1 Å². The highest BCUT2D eigenvalue weighted by molar-refractivity contribution is 8.00. The summed E-state index contributed by atoms with van der Waals surface area (Å²) in [6.07, 6.45) is 1.76. The minimum Gasteiger partial charge on any atom is -0.430 e. The SMILES string of the molecule is CCC(Sc1nc2ncccc2o1)C(=O)Nc1c(F)c(F)cc(F)c1F. The molecule has 1 N–H and O–H groups in total. The molecule has 1 aromatic carbocycles. The molecule has 0 aliphatic rings. The maximum absolute atomic E-state index is 13.7. The van der Waals surface area contributed by atoms with Gasteiger partial charge in [-0.3, -0.25) is 4.79 Å². The third kappa shape index (κ3) is 3.50. The van der Waals surface area contributed by atoms with Gasteiger partial charge in [0.1, 0.15) is 5.69 Å². The zero-order valence-corrected chi connectivity index (χ0v) is 14.0. The van der Waals surface area contributed by atoms with Gasteiger partial charge in [0.05, 0.1) is 5.25 Å². The number of carbonyl (C=O) groups is 1. The fourth-order valence-electron chi connectivity index (χ4n) is 2.13. The highest BCUT2D eigenvalue weighted by Gasteiger charge is 2.26. The first kappa shape index (κ1) is 18.2. The Morgan fingerprint density at radius 3 is 2.58 bits per heavy atom. The van der Waals surface area contributed by atoms with E-state index >= 15 is 0 Å². The van der Waals surface area contributed by atoms with Gasteiger partial charge in [0.25, 0.3) is 5.22 Å². The Kier molecular flexibility index (Phi) is 5.12. The molecule has 10 heteroatoms. The van der Waals surface area contributed by atoms with Crippen molar-refractivity contribution in [1.82, 2.24) is 9.97 Å². The molecule has 0 radical (unpaired) electrons. The van der Waals surface area contributed by atoms with E-state index in [4.69, 9.17) is 4.42 Å². The molecule has 0 saturated carbocycles. The number of nitrogens with one attached hydrogen (secondary N) is 1. The van der Waals surface area contributed by atoms with E-state index in [9.17, 15) is 22.4 Å². The largest absolute Gasteiger partial charge is 0.430 e. The Balaban J connectivity index is 1.81. The highest BCUT2D eigenvalue weighted by Crippen LogP contribution is 2.30. The second-order valence-corrected chi connectivity index (χ2v) is 6.31. The molecule has 0 fully saturated rings. The predicted octanol–water partition coefficient (Wildman–Crippen LogP) is 4.29. The number of benzene rings is 1. The van der Waals surface area contributed by atoms with Crippen molar-refractivity contribution in [1.29, 1.82) is 0 Å². The number of halogens is 4. The van der Waals surface area contributed by atoms with Crippen LogP contribution in [0.15, 0.2) is 34.0 Å². The molecule has 3 aromatic rings. The molecule has 0 saturated heterocycles. The standard InChI is InChI=1S/C16H11F4N3O2S/c1-2-10(26-16-23-14-9(25-16)4-3-5-21-14)15(24)22-13-11(19)7(17)6-8(18)12(13)20/h3-6,10H,2H2,1H3,(H,22,24). The summed E-state index contributed by atoms with van der Waals surface area (Å²) in [6, 6.07) is 3.36. The number of hydrogen-bond donors (Lipinski definition) is 1. The number of aromatic nitrogens is 2.